The van der Waals surface area contributed by atoms with Gasteiger partial charge in [0.05, 0.1) is 37.3 Å². The number of aromatic nitrogens is 4. The summed E-state index contributed by atoms with van der Waals surface area (Å²) in [6.07, 6.45) is 4.09. The predicted molar refractivity (Wildman–Crippen MR) is 89.3 cm³/mol. The van der Waals surface area contributed by atoms with Crippen LogP contribution in [0.3, 0.4) is 0 Å². The first-order valence-electron chi connectivity index (χ1n) is 8.27. The Kier molecular flexibility index (Phi) is 3.88. The van der Waals surface area contributed by atoms with E-state index in [0.717, 1.165) is 36.2 Å². The molecule has 0 aromatic carbocycles. The summed E-state index contributed by atoms with van der Waals surface area (Å²) in [7, 11) is -3.21. The van der Waals surface area contributed by atoms with Gasteiger partial charge in [0.2, 0.25) is 10.0 Å². The van der Waals surface area contributed by atoms with Gasteiger partial charge in [-0.1, -0.05) is 0 Å². The molecular formula is C15H20N6O3S. The van der Waals surface area contributed by atoms with E-state index in [1.165, 1.54) is 10.6 Å². The van der Waals surface area contributed by atoms with E-state index in [2.05, 4.69) is 20.6 Å². The van der Waals surface area contributed by atoms with Gasteiger partial charge in [0.1, 0.15) is 0 Å². The third-order valence-corrected chi connectivity index (χ3v) is 5.98. The van der Waals surface area contributed by atoms with Crippen molar-refractivity contribution in [2.75, 3.05) is 12.8 Å². The molecule has 2 aromatic heterocycles. The number of sulfonamides is 1. The Hall–Kier alpha value is -2.20. The van der Waals surface area contributed by atoms with Crippen LogP contribution in [0.2, 0.25) is 0 Å². The molecule has 1 aliphatic heterocycles. The van der Waals surface area contributed by atoms with Crippen molar-refractivity contribution >= 4 is 15.9 Å². The molecule has 2 aliphatic rings. The fraction of sp³-hybridized carbons (Fsp3) is 0.533. The number of carbonyl (C=O) groups is 1. The quantitative estimate of drug-likeness (QED) is 0.780. The number of H-pyrrole nitrogens is 1. The Morgan fingerprint density at radius 3 is 3.00 bits per heavy atom. The Morgan fingerprint density at radius 2 is 2.20 bits per heavy atom. The summed E-state index contributed by atoms with van der Waals surface area (Å²) < 4.78 is 26.6. The molecule has 0 radical (unpaired) electrons. The second-order valence-corrected chi connectivity index (χ2v) is 8.49. The number of nitrogens with one attached hydrogen (secondary N) is 2. The second-order valence-electron chi connectivity index (χ2n) is 6.51. The van der Waals surface area contributed by atoms with Gasteiger partial charge in [-0.15, -0.1) is 0 Å². The topological polar surface area (TPSA) is 113 Å². The van der Waals surface area contributed by atoms with Crippen LogP contribution in [0.25, 0.3) is 0 Å². The lowest BCUT2D eigenvalue weighted by atomic mass is 10.2. The molecular weight excluding hydrogens is 344 g/mol. The van der Waals surface area contributed by atoms with Crippen LogP contribution in [0.15, 0.2) is 6.07 Å². The lowest BCUT2D eigenvalue weighted by molar-refractivity contribution is 0.0944. The summed E-state index contributed by atoms with van der Waals surface area (Å²) in [5.74, 6) is -0.205. The minimum Gasteiger partial charge on any atom is -0.345 e. The summed E-state index contributed by atoms with van der Waals surface area (Å²) in [4.78, 5) is 12.3. The van der Waals surface area contributed by atoms with E-state index in [1.54, 1.807) is 4.68 Å². The average molecular weight is 364 g/mol. The molecule has 0 unspecified atom stereocenters. The minimum atomic E-state index is -3.21. The first kappa shape index (κ1) is 16.3. The molecule has 0 atom stereocenters. The maximum atomic E-state index is 12.3. The highest BCUT2D eigenvalue weighted by Crippen LogP contribution is 2.22. The van der Waals surface area contributed by atoms with Gasteiger partial charge in [0, 0.05) is 17.8 Å². The number of hydrogen-bond donors (Lipinski definition) is 2. The fourth-order valence-electron chi connectivity index (χ4n) is 3.43. The maximum Gasteiger partial charge on any atom is 0.272 e. The van der Waals surface area contributed by atoms with Crippen LogP contribution in [-0.2, 0) is 42.5 Å². The van der Waals surface area contributed by atoms with E-state index in [1.807, 2.05) is 6.07 Å². The van der Waals surface area contributed by atoms with Crippen molar-refractivity contribution in [2.24, 2.45) is 0 Å². The molecule has 1 aliphatic carbocycles. The molecule has 0 bridgehead atoms. The third-order valence-electron chi connectivity index (χ3n) is 4.73. The summed E-state index contributed by atoms with van der Waals surface area (Å²) >= 11 is 0. The third kappa shape index (κ3) is 3.07. The van der Waals surface area contributed by atoms with E-state index in [4.69, 9.17) is 0 Å². The zero-order chi connectivity index (χ0) is 17.6. The number of aryl methyl sites for hydroxylation is 1. The zero-order valence-electron chi connectivity index (χ0n) is 13.9. The van der Waals surface area contributed by atoms with Gasteiger partial charge in [-0.25, -0.2) is 8.42 Å². The van der Waals surface area contributed by atoms with E-state index in [-0.39, 0.29) is 5.91 Å². The van der Waals surface area contributed by atoms with Crippen LogP contribution in [0, 0.1) is 0 Å². The van der Waals surface area contributed by atoms with E-state index >= 15 is 0 Å². The molecule has 4 rings (SSSR count). The maximum absolute atomic E-state index is 12.3. The molecule has 134 valence electrons. The van der Waals surface area contributed by atoms with E-state index < -0.39 is 10.0 Å². The van der Waals surface area contributed by atoms with Gasteiger partial charge >= 0.3 is 0 Å². The molecule has 3 heterocycles. The predicted octanol–water partition coefficient (Wildman–Crippen LogP) is -0.200. The van der Waals surface area contributed by atoms with Crippen molar-refractivity contribution in [2.45, 2.75) is 38.9 Å². The molecule has 2 N–H and O–H groups in total. The molecule has 1 amide bonds. The molecule has 25 heavy (non-hydrogen) atoms. The summed E-state index contributed by atoms with van der Waals surface area (Å²) in [5, 5.41) is 14.3. The molecule has 0 spiro atoms. The van der Waals surface area contributed by atoms with Crippen LogP contribution in [0.5, 0.6) is 0 Å². The smallest absolute Gasteiger partial charge is 0.272 e. The first-order valence-corrected chi connectivity index (χ1v) is 10.1. The highest BCUT2D eigenvalue weighted by Gasteiger charge is 2.25. The molecule has 0 saturated carbocycles. The average Bonchev–Trinajstić information content (AvgIpc) is 3.25. The molecule has 2 aromatic rings. The van der Waals surface area contributed by atoms with Crippen LogP contribution in [0.1, 0.15) is 39.6 Å². The summed E-state index contributed by atoms with van der Waals surface area (Å²) in [5.41, 5.74) is 4.10. The Balaban J connectivity index is 1.43. The number of aromatic amines is 1. The van der Waals surface area contributed by atoms with Gasteiger partial charge in [0.25, 0.3) is 5.91 Å². The number of hydrogen-bond acceptors (Lipinski definition) is 5. The molecule has 0 fully saturated rings. The molecule has 9 nitrogen and oxygen atoms in total. The highest BCUT2D eigenvalue weighted by atomic mass is 32.2. The van der Waals surface area contributed by atoms with Crippen molar-refractivity contribution in [3.05, 3.63) is 34.4 Å². The van der Waals surface area contributed by atoms with Crippen molar-refractivity contribution in [3.8, 4) is 0 Å². The largest absolute Gasteiger partial charge is 0.345 e. The first-order chi connectivity index (χ1) is 11.9. The highest BCUT2D eigenvalue weighted by molar-refractivity contribution is 7.88. The summed E-state index contributed by atoms with van der Waals surface area (Å²) in [6.45, 7) is 1.54. The number of amides is 1. The number of fused-ring (bicyclic) bond motifs is 2. The van der Waals surface area contributed by atoms with Crippen molar-refractivity contribution < 1.29 is 13.2 Å². The molecule has 0 saturated heterocycles. The normalized spacial score (nSPS) is 17.3. The lowest BCUT2D eigenvalue weighted by Gasteiger charge is -2.25. The number of carbonyl (C=O) groups excluding carboxylic acids is 1. The SMILES string of the molecule is CS(=O)(=O)N1CCn2nc(CNC(=O)c3n[nH]c4c3CCC4)cc2C1. The van der Waals surface area contributed by atoms with Crippen molar-refractivity contribution in [3.63, 3.8) is 0 Å². The van der Waals surface area contributed by atoms with E-state index in [0.29, 0.717) is 37.6 Å². The van der Waals surface area contributed by atoms with E-state index in [9.17, 15) is 13.2 Å². The van der Waals surface area contributed by atoms with Crippen LogP contribution >= 0.6 is 0 Å². The fourth-order valence-corrected chi connectivity index (χ4v) is 4.21. The molecule has 10 heteroatoms. The zero-order valence-corrected chi connectivity index (χ0v) is 14.8. The Bertz CT molecular complexity index is 929. The van der Waals surface area contributed by atoms with Crippen molar-refractivity contribution in [1.82, 2.24) is 29.6 Å². The Morgan fingerprint density at radius 1 is 1.36 bits per heavy atom. The minimum absolute atomic E-state index is 0.205. The number of nitrogens with zero attached hydrogens (tertiary/aromatic N) is 4. The van der Waals surface area contributed by atoms with Gasteiger partial charge in [-0.3, -0.25) is 14.6 Å². The lowest BCUT2D eigenvalue weighted by Crippen LogP contribution is -2.37. The van der Waals surface area contributed by atoms with Crippen LogP contribution in [-0.4, -0.2) is 51.4 Å². The van der Waals surface area contributed by atoms with Gasteiger partial charge in [0.15, 0.2) is 5.69 Å². The monoisotopic (exact) mass is 364 g/mol. The second kappa shape index (κ2) is 5.95. The number of rotatable bonds is 4. The summed E-state index contributed by atoms with van der Waals surface area (Å²) in [6, 6.07) is 1.84. The van der Waals surface area contributed by atoms with Gasteiger partial charge < -0.3 is 5.32 Å². The Labute approximate surface area is 145 Å². The van der Waals surface area contributed by atoms with Crippen molar-refractivity contribution in [1.29, 1.82) is 0 Å². The van der Waals surface area contributed by atoms with Crippen LogP contribution < -0.4 is 5.32 Å². The standard InChI is InChI=1S/C15H20N6O3S/c1-25(23,24)20-5-6-21-11(9-20)7-10(19-21)8-16-15(22)14-12-3-2-4-13(12)17-18-14/h7H,2-6,8-9H2,1H3,(H,16,22)(H,17,18). The van der Waals surface area contributed by atoms with Gasteiger partial charge in [-0.05, 0) is 25.3 Å². The van der Waals surface area contributed by atoms with Crippen LogP contribution in [0.4, 0.5) is 0 Å². The van der Waals surface area contributed by atoms with Gasteiger partial charge in [-0.2, -0.15) is 14.5 Å².